The Balaban J connectivity index is 0.000000365. The molecular weight excluding hydrogens is 635 g/mol. The summed E-state index contributed by atoms with van der Waals surface area (Å²) >= 11 is 0. The third kappa shape index (κ3) is 14.3. The van der Waals surface area contributed by atoms with Crippen molar-refractivity contribution in [2.24, 2.45) is 22.6 Å². The Hall–Kier alpha value is -3.85. The van der Waals surface area contributed by atoms with Crippen LogP contribution in [0.3, 0.4) is 0 Å². The largest absolute Gasteiger partial charge is 0.499 e. The zero-order valence-corrected chi connectivity index (χ0v) is 29.8. The number of Topliss-reactive ketones (excluding diaryl/α,β-unsaturated/α-hetero) is 1. The number of ketones is 1. The minimum Gasteiger partial charge on any atom is -0.426 e. The van der Waals surface area contributed by atoms with Gasteiger partial charge in [0.25, 0.3) is 0 Å². The van der Waals surface area contributed by atoms with Gasteiger partial charge in [0, 0.05) is 18.3 Å². The van der Waals surface area contributed by atoms with E-state index >= 15 is 0 Å². The van der Waals surface area contributed by atoms with Gasteiger partial charge in [-0.3, -0.25) is 9.79 Å². The predicted octanol–water partition coefficient (Wildman–Crippen LogP) is 11.5. The van der Waals surface area contributed by atoms with Gasteiger partial charge >= 0.3 is 12.3 Å². The van der Waals surface area contributed by atoms with Crippen molar-refractivity contribution in [3.05, 3.63) is 107 Å². The maximum absolute atomic E-state index is 12.4. The summed E-state index contributed by atoms with van der Waals surface area (Å²) in [6.07, 6.45) is 5.64. The van der Waals surface area contributed by atoms with Crippen LogP contribution in [0.1, 0.15) is 87.5 Å². The lowest BCUT2D eigenvalue weighted by atomic mass is 9.80. The molecule has 0 saturated heterocycles. The number of aryl methyl sites for hydroxylation is 3. The van der Waals surface area contributed by atoms with Crippen LogP contribution in [-0.4, -0.2) is 30.8 Å². The number of ether oxygens (including phenoxy) is 1. The molecule has 4 rings (SSSR count). The molecule has 2 aromatic rings. The van der Waals surface area contributed by atoms with Crippen molar-refractivity contribution in [1.82, 2.24) is 0 Å². The molecule has 9 heteroatoms. The number of halogens is 5. The Morgan fingerprint density at radius 3 is 2.08 bits per heavy atom. The van der Waals surface area contributed by atoms with Crippen molar-refractivity contribution in [3.63, 3.8) is 0 Å². The molecule has 0 radical (unpaired) electrons. The third-order valence-corrected chi connectivity index (χ3v) is 8.23. The first-order valence-electron chi connectivity index (χ1n) is 16.7. The Morgan fingerprint density at radius 2 is 1.59 bits per heavy atom. The highest BCUT2D eigenvalue weighted by atomic mass is 19.4. The Bertz CT molecular complexity index is 1420. The van der Waals surface area contributed by atoms with Crippen molar-refractivity contribution in [2.75, 3.05) is 7.05 Å². The number of nitrogens with two attached hydrogens (primary N) is 1. The fraction of sp³-hybridized carbons (Fsp3) is 0.450. The molecule has 0 amide bonds. The van der Waals surface area contributed by atoms with Gasteiger partial charge in [-0.2, -0.15) is 22.0 Å². The molecule has 4 nitrogen and oxygen atoms in total. The van der Waals surface area contributed by atoms with Crippen LogP contribution in [-0.2, 0) is 4.79 Å². The molecule has 2 aromatic carbocycles. The second-order valence-electron chi connectivity index (χ2n) is 12.1. The van der Waals surface area contributed by atoms with Gasteiger partial charge in [0.05, 0.1) is 0 Å². The summed E-state index contributed by atoms with van der Waals surface area (Å²) in [6, 6.07) is 11.1. The number of allylic oxidation sites excluding steroid dienone is 4. The summed E-state index contributed by atoms with van der Waals surface area (Å²) in [6.45, 7) is 17.8. The second-order valence-corrected chi connectivity index (χ2v) is 12.1. The molecule has 0 spiro atoms. The van der Waals surface area contributed by atoms with Crippen LogP contribution in [0.15, 0.2) is 90.1 Å². The van der Waals surface area contributed by atoms with Gasteiger partial charge in [-0.05, 0) is 131 Å². The van der Waals surface area contributed by atoms with E-state index in [0.717, 1.165) is 54.9 Å². The maximum atomic E-state index is 12.4. The van der Waals surface area contributed by atoms with Crippen LogP contribution in [0, 0.1) is 32.6 Å². The molecule has 0 aliphatic heterocycles. The van der Waals surface area contributed by atoms with Gasteiger partial charge in [-0.15, -0.1) is 6.58 Å². The molecule has 2 aliphatic rings. The highest BCUT2D eigenvalue weighted by Crippen LogP contribution is 2.37. The molecule has 0 bridgehead atoms. The van der Waals surface area contributed by atoms with E-state index in [2.05, 4.69) is 86.7 Å². The first kappa shape index (κ1) is 43.2. The van der Waals surface area contributed by atoms with Crippen molar-refractivity contribution < 1.29 is 31.5 Å². The second kappa shape index (κ2) is 21.3. The zero-order chi connectivity index (χ0) is 37.2. The molecule has 0 aromatic heterocycles. The zero-order valence-electron chi connectivity index (χ0n) is 29.8. The highest BCUT2D eigenvalue weighted by Gasteiger charge is 2.61. The molecule has 1 fully saturated rings. The van der Waals surface area contributed by atoms with Crippen LogP contribution in [0.4, 0.5) is 22.0 Å². The smallest absolute Gasteiger partial charge is 0.426 e. The van der Waals surface area contributed by atoms with Gasteiger partial charge in [0.2, 0.25) is 0 Å². The van der Waals surface area contributed by atoms with Gasteiger partial charge in [-0.25, -0.2) is 0 Å². The van der Waals surface area contributed by atoms with E-state index in [0.29, 0.717) is 18.1 Å². The highest BCUT2D eigenvalue weighted by molar-refractivity contribution is 6.01. The van der Waals surface area contributed by atoms with E-state index in [9.17, 15) is 26.7 Å². The molecule has 2 aliphatic carbocycles. The normalized spacial score (nSPS) is 18.8. The van der Waals surface area contributed by atoms with Crippen LogP contribution >= 0.6 is 0 Å². The van der Waals surface area contributed by atoms with Crippen LogP contribution in [0.5, 0.6) is 5.75 Å². The average Bonchev–Trinajstić information content (AvgIpc) is 3.05. The lowest BCUT2D eigenvalue weighted by molar-refractivity contribution is -0.360. The molecule has 1 saturated carbocycles. The molecule has 49 heavy (non-hydrogen) atoms. The van der Waals surface area contributed by atoms with Gasteiger partial charge in [-0.1, -0.05) is 68.5 Å². The van der Waals surface area contributed by atoms with Gasteiger partial charge < -0.3 is 10.5 Å². The van der Waals surface area contributed by atoms with Crippen LogP contribution < -0.4 is 10.5 Å². The number of rotatable bonds is 8. The van der Waals surface area contributed by atoms with E-state index in [1.54, 1.807) is 13.1 Å². The summed E-state index contributed by atoms with van der Waals surface area (Å²) in [5.74, 6) is 1.01. The van der Waals surface area contributed by atoms with Crippen LogP contribution in [0.2, 0.25) is 0 Å². The Morgan fingerprint density at radius 1 is 0.980 bits per heavy atom. The summed E-state index contributed by atoms with van der Waals surface area (Å²) in [4.78, 5) is 16.5. The summed E-state index contributed by atoms with van der Waals surface area (Å²) in [7, 11) is 1.50. The van der Waals surface area contributed by atoms with Crippen molar-refractivity contribution >= 4 is 17.6 Å². The molecule has 2 N–H and O–H groups in total. The fourth-order valence-electron chi connectivity index (χ4n) is 5.44. The molecular formula is C40H53F5N2O2. The number of carbonyl (C=O) groups excluding carboxylic acids is 1. The number of nitrogens with zero attached hydrogens (tertiary/aromatic N) is 1. The lowest BCUT2D eigenvalue weighted by Gasteiger charge is -2.23. The van der Waals surface area contributed by atoms with Gasteiger partial charge in [0.15, 0.2) is 5.78 Å². The summed E-state index contributed by atoms with van der Waals surface area (Å²) in [5.41, 5.74) is 12.6. The molecule has 270 valence electrons. The van der Waals surface area contributed by atoms with E-state index < -0.39 is 18.0 Å². The lowest BCUT2D eigenvalue weighted by Crippen LogP contribution is -2.41. The minimum absolute atomic E-state index is 0.320. The average molecular weight is 689 g/mol. The minimum atomic E-state index is -5.71. The maximum Gasteiger partial charge on any atom is 0.499 e. The fourth-order valence-corrected chi connectivity index (χ4v) is 5.44. The first-order valence-corrected chi connectivity index (χ1v) is 16.7. The Kier molecular flexibility index (Phi) is 18.8. The van der Waals surface area contributed by atoms with E-state index in [1.165, 1.54) is 66.4 Å². The standard InChI is InChI=1S/C18H22O.C12H19N.C9H7F5O.CH5N/c1-4-7-15-10-6-11-18(19)17(15)12-16-13(2)8-5-9-14(16)3;1-4-12(13-5-2)11-8-6-10(3)7-9-11;1-6-2-4-7(5-3-6)15-9(13,14)8(10,11)12;1-2/h4-5,8-9,12,15H,1,6-7,10-11H2,2-3H3;5,8,10H,2,4,6-7,9H2,1,3H3;2-5H,1H3;2H2,1H3/b17-12+;;;/t15-;;;/m0.../s1. The molecule has 0 heterocycles. The SMILES string of the molecule is C=CC[C@H]1CCCC(=O)/C1=C/c1c(C)cccc1C.C=CN=C(CC)C1=CCC(C)CC1.CN.Cc1ccc(OC(F)(F)C(F)(F)F)cc1. The number of hydrogen-bond donors (Lipinski definition) is 1. The number of aliphatic imine (C=N–C) groups is 1. The Labute approximate surface area is 289 Å². The van der Waals surface area contributed by atoms with Crippen molar-refractivity contribution in [3.8, 4) is 5.75 Å². The summed E-state index contributed by atoms with van der Waals surface area (Å²) in [5, 5.41) is 0. The third-order valence-electron chi connectivity index (χ3n) is 8.23. The van der Waals surface area contributed by atoms with E-state index in [1.807, 2.05) is 6.08 Å². The van der Waals surface area contributed by atoms with Gasteiger partial charge in [0.1, 0.15) is 5.75 Å². The monoisotopic (exact) mass is 688 g/mol. The number of hydrogen-bond acceptors (Lipinski definition) is 4. The quantitative estimate of drug-likeness (QED) is 0.130. The topological polar surface area (TPSA) is 64.7 Å². The number of benzene rings is 2. The summed E-state index contributed by atoms with van der Waals surface area (Å²) < 4.78 is 63.5. The predicted molar refractivity (Wildman–Crippen MR) is 193 cm³/mol. The first-order chi connectivity index (χ1) is 23.1. The van der Waals surface area contributed by atoms with E-state index in [-0.39, 0.29) is 0 Å². The van der Waals surface area contributed by atoms with E-state index in [4.69, 9.17) is 0 Å². The molecule has 2 atom stereocenters. The number of carbonyl (C=O) groups is 1. The van der Waals surface area contributed by atoms with Crippen LogP contribution in [0.25, 0.3) is 6.08 Å². The van der Waals surface area contributed by atoms with Crippen molar-refractivity contribution in [1.29, 1.82) is 0 Å². The number of alkyl halides is 5. The molecule has 1 unspecified atom stereocenters. The van der Waals surface area contributed by atoms with Crippen molar-refractivity contribution in [2.45, 2.75) is 98.3 Å².